The fourth-order valence-corrected chi connectivity index (χ4v) is 7.21. The summed E-state index contributed by atoms with van der Waals surface area (Å²) in [5.41, 5.74) is 0.164. The molecule has 0 bridgehead atoms. The van der Waals surface area contributed by atoms with Crippen molar-refractivity contribution in [3.63, 3.8) is 0 Å². The lowest BCUT2D eigenvalue weighted by Crippen LogP contribution is -2.43. The minimum absolute atomic E-state index is 0.0147. The highest BCUT2D eigenvalue weighted by Gasteiger charge is 2.45. The molecule has 3 aliphatic heterocycles. The summed E-state index contributed by atoms with van der Waals surface area (Å²) >= 11 is 0. The maximum Gasteiger partial charge on any atom is 0.319 e. The van der Waals surface area contributed by atoms with Gasteiger partial charge < -0.3 is 14.7 Å². The van der Waals surface area contributed by atoms with Crippen LogP contribution in [0.4, 0.5) is 14.6 Å². The van der Waals surface area contributed by atoms with Crippen molar-refractivity contribution in [3.8, 4) is 35.4 Å². The number of fused-ring (bicyclic) bond motifs is 3. The number of halogens is 2. The first-order valence-corrected chi connectivity index (χ1v) is 14.9. The van der Waals surface area contributed by atoms with Gasteiger partial charge in [-0.15, -0.1) is 6.42 Å². The molecule has 7 nitrogen and oxygen atoms in total. The Balaban J connectivity index is 1.39. The van der Waals surface area contributed by atoms with E-state index >= 15 is 4.39 Å². The third-order valence-electron chi connectivity index (χ3n) is 9.28. The summed E-state index contributed by atoms with van der Waals surface area (Å²) in [5, 5.41) is 11.8. The predicted molar refractivity (Wildman–Crippen MR) is 159 cm³/mol. The SMILES string of the molecule is C#Cc1c(F)ccc2cc(O)cc(-c3ncc4c(N5CCCCCC5)nc(OCC56CCCN5CCC6)nc4c3F)c12. The zero-order valence-electron chi connectivity index (χ0n) is 23.5. The first-order valence-electron chi connectivity index (χ1n) is 14.9. The summed E-state index contributed by atoms with van der Waals surface area (Å²) in [6.45, 7) is 4.20. The van der Waals surface area contributed by atoms with Crippen LogP contribution in [0.2, 0.25) is 0 Å². The van der Waals surface area contributed by atoms with Crippen molar-refractivity contribution in [3.05, 3.63) is 47.7 Å². The van der Waals surface area contributed by atoms with E-state index in [1.165, 1.54) is 24.3 Å². The normalized spacial score (nSPS) is 18.7. The molecule has 7 rings (SSSR count). The van der Waals surface area contributed by atoms with Crippen molar-refractivity contribution in [1.29, 1.82) is 0 Å². The third kappa shape index (κ3) is 4.49. The molecule has 216 valence electrons. The molecule has 0 unspecified atom stereocenters. The van der Waals surface area contributed by atoms with E-state index in [0.717, 1.165) is 77.5 Å². The maximum atomic E-state index is 16.7. The van der Waals surface area contributed by atoms with E-state index in [0.29, 0.717) is 28.6 Å². The van der Waals surface area contributed by atoms with Gasteiger partial charge in [-0.05, 0) is 75.2 Å². The monoisotopic (exact) mass is 569 g/mol. The van der Waals surface area contributed by atoms with Crippen LogP contribution >= 0.6 is 0 Å². The summed E-state index contributed by atoms with van der Waals surface area (Å²) in [6.07, 6.45) is 16.0. The number of benzene rings is 2. The van der Waals surface area contributed by atoms with E-state index in [-0.39, 0.29) is 39.6 Å². The Labute approximate surface area is 243 Å². The van der Waals surface area contributed by atoms with Gasteiger partial charge in [-0.25, -0.2) is 8.78 Å². The highest BCUT2D eigenvalue weighted by atomic mass is 19.1. The van der Waals surface area contributed by atoms with Crippen LogP contribution in [0.1, 0.15) is 56.9 Å². The second kappa shape index (κ2) is 10.7. The zero-order valence-corrected chi connectivity index (χ0v) is 23.5. The molecular weight excluding hydrogens is 536 g/mol. The van der Waals surface area contributed by atoms with Gasteiger partial charge in [-0.3, -0.25) is 9.88 Å². The minimum Gasteiger partial charge on any atom is -0.508 e. The van der Waals surface area contributed by atoms with Gasteiger partial charge in [0.15, 0.2) is 5.82 Å². The Hall–Kier alpha value is -4.03. The number of aromatic hydroxyl groups is 1. The lowest BCUT2D eigenvalue weighted by molar-refractivity contribution is 0.108. The Kier molecular flexibility index (Phi) is 6.82. The largest absolute Gasteiger partial charge is 0.508 e. The lowest BCUT2D eigenvalue weighted by Gasteiger charge is -2.31. The number of anilines is 1. The van der Waals surface area contributed by atoms with Crippen molar-refractivity contribution in [2.24, 2.45) is 0 Å². The van der Waals surface area contributed by atoms with E-state index in [1.54, 1.807) is 6.20 Å². The first kappa shape index (κ1) is 26.8. The van der Waals surface area contributed by atoms with Crippen LogP contribution in [0, 0.1) is 24.0 Å². The van der Waals surface area contributed by atoms with Crippen LogP contribution in [0.25, 0.3) is 32.9 Å². The molecule has 1 N–H and O–H groups in total. The Morgan fingerprint density at radius 2 is 1.74 bits per heavy atom. The van der Waals surface area contributed by atoms with Crippen LogP contribution in [-0.4, -0.2) is 63.3 Å². The highest BCUT2D eigenvalue weighted by Crippen LogP contribution is 2.41. The van der Waals surface area contributed by atoms with Crippen LogP contribution in [0.5, 0.6) is 11.8 Å². The average molecular weight is 570 g/mol. The summed E-state index contributed by atoms with van der Waals surface area (Å²) < 4.78 is 37.7. The molecular formula is C33H33F2N5O2. The maximum absolute atomic E-state index is 16.7. The standard InChI is InChI=1S/C33H33F2N5O2/c1-2-23-26(34)10-9-21-17-22(41)18-24(27(21)23)29-28(35)30-25(19-36-29)31(39-13-5-3-4-6-14-39)38-32(37-30)42-20-33-11-7-15-40(33)16-8-12-33/h1,9-10,17-19,41H,3-8,11-16,20H2. The number of hydrogen-bond donors (Lipinski definition) is 1. The molecule has 3 aliphatic rings. The lowest BCUT2D eigenvalue weighted by atomic mass is 9.95. The number of terminal acetylenes is 1. The van der Waals surface area contributed by atoms with Crippen LogP contribution < -0.4 is 9.64 Å². The first-order chi connectivity index (χ1) is 20.5. The molecule has 0 spiro atoms. The van der Waals surface area contributed by atoms with Crippen LogP contribution in [0.15, 0.2) is 30.5 Å². The molecule has 0 amide bonds. The molecule has 0 radical (unpaired) electrons. The average Bonchev–Trinajstić information content (AvgIpc) is 3.45. The Morgan fingerprint density at radius 3 is 2.48 bits per heavy atom. The van der Waals surface area contributed by atoms with Crippen molar-refractivity contribution in [1.82, 2.24) is 19.9 Å². The Bertz CT molecular complexity index is 1720. The number of hydrogen-bond acceptors (Lipinski definition) is 7. The van der Waals surface area contributed by atoms with Gasteiger partial charge in [-0.2, -0.15) is 9.97 Å². The topological polar surface area (TPSA) is 74.6 Å². The second-order valence-electron chi connectivity index (χ2n) is 11.8. The number of aromatic nitrogens is 3. The summed E-state index contributed by atoms with van der Waals surface area (Å²) in [6, 6.07) is 5.72. The van der Waals surface area contributed by atoms with E-state index in [9.17, 15) is 9.50 Å². The van der Waals surface area contributed by atoms with Crippen molar-refractivity contribution in [2.75, 3.05) is 37.7 Å². The fraction of sp³-hybridized carbons (Fsp3) is 0.424. The summed E-state index contributed by atoms with van der Waals surface area (Å²) in [7, 11) is 0. The van der Waals surface area contributed by atoms with Crippen LogP contribution in [-0.2, 0) is 0 Å². The van der Waals surface area contributed by atoms with E-state index < -0.39 is 11.6 Å². The number of phenols is 1. The molecule has 3 fully saturated rings. The molecule has 2 aromatic carbocycles. The summed E-state index contributed by atoms with van der Waals surface area (Å²) in [4.78, 5) is 18.6. The van der Waals surface area contributed by atoms with E-state index in [2.05, 4.69) is 25.7 Å². The summed E-state index contributed by atoms with van der Waals surface area (Å²) in [5.74, 6) is 1.59. The van der Waals surface area contributed by atoms with Crippen molar-refractivity contribution < 1.29 is 18.6 Å². The molecule has 3 saturated heterocycles. The van der Waals surface area contributed by atoms with Crippen molar-refractivity contribution in [2.45, 2.75) is 56.9 Å². The molecule has 42 heavy (non-hydrogen) atoms. The minimum atomic E-state index is -0.698. The number of rotatable bonds is 5. The molecule has 5 heterocycles. The fourth-order valence-electron chi connectivity index (χ4n) is 7.21. The molecule has 4 aromatic rings. The molecule has 0 aliphatic carbocycles. The van der Waals surface area contributed by atoms with Crippen molar-refractivity contribution >= 4 is 27.5 Å². The number of pyridine rings is 1. The smallest absolute Gasteiger partial charge is 0.319 e. The van der Waals surface area contributed by atoms with Gasteiger partial charge in [0.05, 0.1) is 16.5 Å². The van der Waals surface area contributed by atoms with Gasteiger partial charge in [0.2, 0.25) is 0 Å². The quantitative estimate of drug-likeness (QED) is 0.287. The molecule has 9 heteroatoms. The van der Waals surface area contributed by atoms with E-state index in [4.69, 9.17) is 16.1 Å². The molecule has 0 atom stereocenters. The third-order valence-corrected chi connectivity index (χ3v) is 9.28. The van der Waals surface area contributed by atoms with Gasteiger partial charge in [0.1, 0.15) is 35.2 Å². The van der Waals surface area contributed by atoms with Crippen LogP contribution in [0.3, 0.4) is 0 Å². The number of ether oxygens (including phenoxy) is 1. The highest BCUT2D eigenvalue weighted by molar-refractivity contribution is 6.03. The van der Waals surface area contributed by atoms with E-state index in [1.807, 2.05) is 0 Å². The number of nitrogens with zero attached hydrogens (tertiary/aromatic N) is 5. The van der Waals surface area contributed by atoms with Gasteiger partial charge in [0, 0.05) is 30.2 Å². The molecule has 0 saturated carbocycles. The van der Waals surface area contributed by atoms with Gasteiger partial charge in [-0.1, -0.05) is 24.8 Å². The van der Waals surface area contributed by atoms with Gasteiger partial charge >= 0.3 is 6.01 Å². The Morgan fingerprint density at radius 1 is 0.976 bits per heavy atom. The predicted octanol–water partition coefficient (Wildman–Crippen LogP) is 6.20. The number of phenolic OH excluding ortho intramolecular Hbond substituents is 1. The molecule has 2 aromatic heterocycles. The zero-order chi connectivity index (χ0) is 28.8. The second-order valence-corrected chi connectivity index (χ2v) is 11.8. The van der Waals surface area contributed by atoms with Gasteiger partial charge in [0.25, 0.3) is 0 Å².